The Labute approximate surface area is 161 Å². The summed E-state index contributed by atoms with van der Waals surface area (Å²) in [6.07, 6.45) is -1.40. The Balaban J connectivity index is 5.13. The zero-order chi connectivity index (χ0) is 21.5. The van der Waals surface area contributed by atoms with Crippen LogP contribution in [0.4, 0.5) is 4.79 Å². The Hall–Kier alpha value is -2.16. The lowest BCUT2D eigenvalue weighted by atomic mass is 10.1. The van der Waals surface area contributed by atoms with E-state index in [4.69, 9.17) is 9.47 Å². The highest BCUT2D eigenvalue weighted by molar-refractivity contribution is 5.92. The van der Waals surface area contributed by atoms with Crippen molar-refractivity contribution in [1.29, 1.82) is 0 Å². The zero-order valence-electron chi connectivity index (χ0n) is 17.8. The quantitative estimate of drug-likeness (QED) is 0.661. The lowest BCUT2D eigenvalue weighted by Crippen LogP contribution is -2.55. The van der Waals surface area contributed by atoms with Crippen LogP contribution in [-0.2, 0) is 23.9 Å². The predicted octanol–water partition coefficient (Wildman–Crippen LogP) is 0.809. The Bertz CT molecular complexity index is 558. The van der Waals surface area contributed by atoms with Gasteiger partial charge in [0.2, 0.25) is 11.8 Å². The first-order chi connectivity index (χ1) is 12.2. The van der Waals surface area contributed by atoms with Gasteiger partial charge < -0.3 is 24.6 Å². The Kier molecular flexibility index (Phi) is 9.43. The van der Waals surface area contributed by atoms with E-state index in [2.05, 4.69) is 5.32 Å². The molecule has 0 aromatic carbocycles. The Morgan fingerprint density at radius 2 is 1.59 bits per heavy atom. The number of carbonyl (C=O) groups is 4. The number of nitrogens with one attached hydrogen (secondary N) is 1. The summed E-state index contributed by atoms with van der Waals surface area (Å²) >= 11 is 0. The number of hydrogen-bond donors (Lipinski definition) is 1. The van der Waals surface area contributed by atoms with Gasteiger partial charge in [-0.3, -0.25) is 14.4 Å². The molecular formula is C18H33N3O6. The van der Waals surface area contributed by atoms with Gasteiger partial charge in [0.25, 0.3) is 0 Å². The summed E-state index contributed by atoms with van der Waals surface area (Å²) in [6, 6.07) is -1.62. The van der Waals surface area contributed by atoms with E-state index in [1.54, 1.807) is 34.6 Å². The summed E-state index contributed by atoms with van der Waals surface area (Å²) in [4.78, 5) is 51.0. The van der Waals surface area contributed by atoms with Crippen LogP contribution in [-0.4, -0.2) is 85.0 Å². The van der Waals surface area contributed by atoms with Gasteiger partial charge in [0.1, 0.15) is 11.6 Å². The summed E-state index contributed by atoms with van der Waals surface area (Å²) in [7, 11) is 4.36. The van der Waals surface area contributed by atoms with Gasteiger partial charge in [-0.1, -0.05) is 0 Å². The highest BCUT2D eigenvalue weighted by atomic mass is 16.6. The van der Waals surface area contributed by atoms with Crippen LogP contribution in [0.5, 0.6) is 0 Å². The first-order valence-corrected chi connectivity index (χ1v) is 8.74. The highest BCUT2D eigenvalue weighted by Crippen LogP contribution is 2.09. The third kappa shape index (κ3) is 8.38. The summed E-state index contributed by atoms with van der Waals surface area (Å²) in [6.45, 7) is 9.52. The molecule has 0 radical (unpaired) electrons. The van der Waals surface area contributed by atoms with Crippen LogP contribution in [0.25, 0.3) is 0 Å². The minimum absolute atomic E-state index is 0.155. The maximum absolute atomic E-state index is 12.7. The summed E-state index contributed by atoms with van der Waals surface area (Å²) in [5.41, 5.74) is -0.721. The van der Waals surface area contributed by atoms with Gasteiger partial charge in [0, 0.05) is 21.2 Å². The van der Waals surface area contributed by atoms with E-state index < -0.39 is 41.7 Å². The van der Waals surface area contributed by atoms with Crippen LogP contribution in [0.15, 0.2) is 0 Å². The number of Topliss-reactive ketones (excluding diaryl/α,β-unsaturated/α-hetero) is 1. The van der Waals surface area contributed by atoms with Crippen LogP contribution < -0.4 is 5.32 Å². The molecule has 0 aromatic heterocycles. The number of rotatable bonds is 8. The minimum Gasteiger partial charge on any atom is -0.444 e. The molecule has 0 spiro atoms. The normalized spacial score (nSPS) is 14.6. The molecule has 9 nitrogen and oxygen atoms in total. The topological polar surface area (TPSA) is 105 Å². The lowest BCUT2D eigenvalue weighted by molar-refractivity contribution is -0.143. The predicted molar refractivity (Wildman–Crippen MR) is 100 cm³/mol. The standard InChI is InChI=1S/C18H33N3O6/c1-11(12(2)22)21(8)14(23)10-20(7)16(24)15(13(3)26-9)19-17(25)27-18(4,5)6/h11,13,15H,10H2,1-9H3,(H,19,25)/t11-,13+,15-/m0/s1. The van der Waals surface area contributed by atoms with Crippen LogP contribution in [0.3, 0.4) is 0 Å². The number of methoxy groups -OCH3 is 1. The molecule has 3 amide bonds. The van der Waals surface area contributed by atoms with E-state index in [1.807, 2.05) is 0 Å². The number of hydrogen-bond acceptors (Lipinski definition) is 6. The van der Waals surface area contributed by atoms with Gasteiger partial charge in [0.15, 0.2) is 5.78 Å². The molecule has 0 rings (SSSR count). The maximum atomic E-state index is 12.7. The molecule has 3 atom stereocenters. The third-order valence-electron chi connectivity index (χ3n) is 4.09. The molecule has 0 aromatic rings. The summed E-state index contributed by atoms with van der Waals surface area (Å²) in [5.74, 6) is -1.06. The number of amides is 3. The SMILES string of the molecule is CO[C@H](C)[C@H](NC(=O)OC(C)(C)C)C(=O)N(C)CC(=O)N(C)[C@@H](C)C(C)=O. The highest BCUT2D eigenvalue weighted by Gasteiger charge is 2.32. The first-order valence-electron chi connectivity index (χ1n) is 8.74. The molecule has 0 aliphatic carbocycles. The molecule has 27 heavy (non-hydrogen) atoms. The molecule has 9 heteroatoms. The number of likely N-dealkylation sites (N-methyl/N-ethyl adjacent to an activating group) is 2. The van der Waals surface area contributed by atoms with Crippen molar-refractivity contribution in [2.24, 2.45) is 0 Å². The van der Waals surface area contributed by atoms with Crippen LogP contribution in [0, 0.1) is 0 Å². The largest absolute Gasteiger partial charge is 0.444 e. The molecule has 0 aliphatic heterocycles. The van der Waals surface area contributed by atoms with E-state index in [9.17, 15) is 19.2 Å². The average Bonchev–Trinajstić information content (AvgIpc) is 2.54. The van der Waals surface area contributed by atoms with Crippen molar-refractivity contribution in [2.45, 2.75) is 65.3 Å². The smallest absolute Gasteiger partial charge is 0.408 e. The molecule has 1 N–H and O–H groups in total. The Morgan fingerprint density at radius 1 is 1.07 bits per heavy atom. The van der Waals surface area contributed by atoms with Crippen molar-refractivity contribution < 1.29 is 28.7 Å². The third-order valence-corrected chi connectivity index (χ3v) is 4.09. The molecule has 0 saturated heterocycles. The molecule has 0 unspecified atom stereocenters. The lowest BCUT2D eigenvalue weighted by Gasteiger charge is -2.30. The van der Waals surface area contributed by atoms with Crippen LogP contribution in [0.2, 0.25) is 0 Å². The van der Waals surface area contributed by atoms with E-state index in [1.165, 1.54) is 37.9 Å². The molecule has 0 bridgehead atoms. The van der Waals surface area contributed by atoms with Gasteiger partial charge in [-0.05, 0) is 41.5 Å². The second-order valence-electron chi connectivity index (χ2n) is 7.55. The number of ether oxygens (including phenoxy) is 2. The second-order valence-corrected chi connectivity index (χ2v) is 7.55. The monoisotopic (exact) mass is 387 g/mol. The van der Waals surface area contributed by atoms with Crippen molar-refractivity contribution in [3.05, 3.63) is 0 Å². The van der Waals surface area contributed by atoms with E-state index in [0.29, 0.717) is 0 Å². The molecule has 0 saturated carbocycles. The van der Waals surface area contributed by atoms with Crippen molar-refractivity contribution in [2.75, 3.05) is 27.7 Å². The summed E-state index contributed by atoms with van der Waals surface area (Å²) < 4.78 is 10.4. The number of alkyl carbamates (subject to hydrolysis) is 1. The van der Waals surface area contributed by atoms with Crippen LogP contribution >= 0.6 is 0 Å². The second kappa shape index (κ2) is 10.2. The van der Waals surface area contributed by atoms with Crippen molar-refractivity contribution >= 4 is 23.7 Å². The van der Waals surface area contributed by atoms with Gasteiger partial charge in [-0.15, -0.1) is 0 Å². The van der Waals surface area contributed by atoms with E-state index >= 15 is 0 Å². The maximum Gasteiger partial charge on any atom is 0.408 e. The molecular weight excluding hydrogens is 354 g/mol. The molecule has 0 aliphatic rings. The zero-order valence-corrected chi connectivity index (χ0v) is 17.8. The number of carbonyl (C=O) groups excluding carboxylic acids is 4. The van der Waals surface area contributed by atoms with Gasteiger partial charge in [-0.25, -0.2) is 4.79 Å². The molecule has 0 fully saturated rings. The molecule has 0 heterocycles. The van der Waals surface area contributed by atoms with E-state index in [0.717, 1.165) is 0 Å². The van der Waals surface area contributed by atoms with E-state index in [-0.39, 0.29) is 12.3 Å². The first kappa shape index (κ1) is 24.8. The number of ketones is 1. The van der Waals surface area contributed by atoms with Crippen molar-refractivity contribution in [3.63, 3.8) is 0 Å². The van der Waals surface area contributed by atoms with Gasteiger partial charge in [-0.2, -0.15) is 0 Å². The fourth-order valence-electron chi connectivity index (χ4n) is 2.07. The van der Waals surface area contributed by atoms with Gasteiger partial charge in [0.05, 0.1) is 18.7 Å². The minimum atomic E-state index is -1.03. The van der Waals surface area contributed by atoms with Crippen LogP contribution in [0.1, 0.15) is 41.5 Å². The van der Waals surface area contributed by atoms with Gasteiger partial charge >= 0.3 is 6.09 Å². The Morgan fingerprint density at radius 3 is 2.00 bits per heavy atom. The van der Waals surface area contributed by atoms with Crippen molar-refractivity contribution in [3.8, 4) is 0 Å². The van der Waals surface area contributed by atoms with Crippen molar-refractivity contribution in [1.82, 2.24) is 15.1 Å². The number of nitrogens with zero attached hydrogens (tertiary/aromatic N) is 2. The summed E-state index contributed by atoms with van der Waals surface area (Å²) in [5, 5.41) is 2.49. The fraction of sp³-hybridized carbons (Fsp3) is 0.778. The fourth-order valence-corrected chi connectivity index (χ4v) is 2.07. The average molecular weight is 387 g/mol. The molecule has 156 valence electrons.